The van der Waals surface area contributed by atoms with Crippen molar-refractivity contribution in [1.82, 2.24) is 10.2 Å². The van der Waals surface area contributed by atoms with Crippen molar-refractivity contribution in [3.8, 4) is 5.75 Å². The molecule has 8 heteroatoms. The van der Waals surface area contributed by atoms with E-state index in [4.69, 9.17) is 4.74 Å². The van der Waals surface area contributed by atoms with E-state index in [-0.39, 0.29) is 12.4 Å². The van der Waals surface area contributed by atoms with Gasteiger partial charge in [-0.2, -0.15) is 0 Å². The first-order valence-corrected chi connectivity index (χ1v) is 9.34. The van der Waals surface area contributed by atoms with Gasteiger partial charge in [-0.15, -0.1) is 10.2 Å². The van der Waals surface area contributed by atoms with Gasteiger partial charge in [0.05, 0.1) is 6.10 Å². The standard InChI is InChI=1S/C17H16FN3O2S2/c18-14-8-4-5-9-15(14)23-10-13(22)11-24-17-21-20-16(25-17)19-12-6-2-1-3-7-12/h1-9,13,22H,10-11H2,(H,19,20). The summed E-state index contributed by atoms with van der Waals surface area (Å²) in [5.74, 6) is 0.0777. The van der Waals surface area contributed by atoms with Crippen molar-refractivity contribution in [2.24, 2.45) is 0 Å². The lowest BCUT2D eigenvalue weighted by Gasteiger charge is -2.11. The molecule has 1 unspecified atom stereocenters. The van der Waals surface area contributed by atoms with Crippen LogP contribution in [0.2, 0.25) is 0 Å². The van der Waals surface area contributed by atoms with Gasteiger partial charge in [0.2, 0.25) is 5.13 Å². The van der Waals surface area contributed by atoms with E-state index in [1.807, 2.05) is 30.3 Å². The van der Waals surface area contributed by atoms with E-state index < -0.39 is 11.9 Å². The summed E-state index contributed by atoms with van der Waals surface area (Å²) in [5.41, 5.74) is 0.938. The quantitative estimate of drug-likeness (QED) is 0.580. The first kappa shape index (κ1) is 17.7. The molecule has 3 rings (SSSR count). The molecular formula is C17H16FN3O2S2. The van der Waals surface area contributed by atoms with Crippen LogP contribution in [0, 0.1) is 5.82 Å². The van der Waals surface area contributed by atoms with E-state index in [1.54, 1.807) is 12.1 Å². The molecule has 5 nitrogen and oxygen atoms in total. The second-order valence-corrected chi connectivity index (χ2v) is 7.32. The molecule has 0 saturated carbocycles. The lowest BCUT2D eigenvalue weighted by atomic mass is 10.3. The number of aliphatic hydroxyl groups excluding tert-OH is 1. The zero-order chi connectivity index (χ0) is 17.5. The van der Waals surface area contributed by atoms with Gasteiger partial charge in [-0.3, -0.25) is 0 Å². The molecular weight excluding hydrogens is 361 g/mol. The van der Waals surface area contributed by atoms with Crippen LogP contribution < -0.4 is 10.1 Å². The molecule has 1 atom stereocenters. The maximum Gasteiger partial charge on any atom is 0.210 e. The smallest absolute Gasteiger partial charge is 0.210 e. The summed E-state index contributed by atoms with van der Waals surface area (Å²) in [6, 6.07) is 15.8. The predicted molar refractivity (Wildman–Crippen MR) is 98.3 cm³/mol. The Kier molecular flexibility index (Phi) is 6.21. The molecule has 0 aliphatic heterocycles. The van der Waals surface area contributed by atoms with E-state index in [9.17, 15) is 9.50 Å². The number of aromatic nitrogens is 2. The van der Waals surface area contributed by atoms with Crippen molar-refractivity contribution < 1.29 is 14.2 Å². The van der Waals surface area contributed by atoms with Crippen LogP contribution in [0.3, 0.4) is 0 Å². The number of hydrogen-bond acceptors (Lipinski definition) is 7. The SMILES string of the molecule is OC(COc1ccccc1F)CSc1nnc(Nc2ccccc2)s1. The van der Waals surface area contributed by atoms with Crippen LogP contribution in [0.25, 0.3) is 0 Å². The Morgan fingerprint density at radius 3 is 2.68 bits per heavy atom. The van der Waals surface area contributed by atoms with Gasteiger partial charge in [0, 0.05) is 11.4 Å². The molecule has 0 aliphatic carbocycles. The number of nitrogens with one attached hydrogen (secondary N) is 1. The Labute approximate surface area is 152 Å². The number of aliphatic hydroxyl groups is 1. The summed E-state index contributed by atoms with van der Waals surface area (Å²) in [6.07, 6.45) is -0.737. The first-order valence-electron chi connectivity index (χ1n) is 7.54. The van der Waals surface area contributed by atoms with Gasteiger partial charge in [0.15, 0.2) is 15.9 Å². The van der Waals surface area contributed by atoms with Gasteiger partial charge in [0.1, 0.15) is 6.61 Å². The number of para-hydroxylation sites is 2. The Balaban J connectivity index is 1.45. The Hall–Kier alpha value is -2.16. The van der Waals surface area contributed by atoms with Gasteiger partial charge in [-0.1, -0.05) is 53.4 Å². The first-order chi connectivity index (χ1) is 12.2. The lowest BCUT2D eigenvalue weighted by Crippen LogP contribution is -2.20. The number of benzene rings is 2. The molecule has 130 valence electrons. The highest BCUT2D eigenvalue weighted by atomic mass is 32.2. The highest BCUT2D eigenvalue weighted by Crippen LogP contribution is 2.28. The average Bonchev–Trinajstić information content (AvgIpc) is 3.07. The van der Waals surface area contributed by atoms with Crippen molar-refractivity contribution in [2.75, 3.05) is 17.7 Å². The summed E-state index contributed by atoms with van der Waals surface area (Å²) >= 11 is 2.78. The predicted octanol–water partition coefficient (Wildman–Crippen LogP) is 3.95. The second-order valence-electron chi connectivity index (χ2n) is 5.07. The van der Waals surface area contributed by atoms with E-state index in [1.165, 1.54) is 35.2 Å². The van der Waals surface area contributed by atoms with Gasteiger partial charge in [-0.25, -0.2) is 4.39 Å². The average molecular weight is 377 g/mol. The van der Waals surface area contributed by atoms with Gasteiger partial charge >= 0.3 is 0 Å². The highest BCUT2D eigenvalue weighted by molar-refractivity contribution is 8.01. The Morgan fingerprint density at radius 1 is 1.12 bits per heavy atom. The fraction of sp³-hybridized carbons (Fsp3) is 0.176. The van der Waals surface area contributed by atoms with Gasteiger partial charge in [-0.05, 0) is 24.3 Å². The normalized spacial score (nSPS) is 11.9. The van der Waals surface area contributed by atoms with Crippen LogP contribution in [-0.4, -0.2) is 33.8 Å². The lowest BCUT2D eigenvalue weighted by molar-refractivity contribution is 0.123. The summed E-state index contributed by atoms with van der Waals surface area (Å²) in [6.45, 7) is 0.0157. The highest BCUT2D eigenvalue weighted by Gasteiger charge is 2.11. The monoisotopic (exact) mass is 377 g/mol. The third-order valence-corrected chi connectivity index (χ3v) is 5.22. The fourth-order valence-electron chi connectivity index (χ4n) is 1.93. The summed E-state index contributed by atoms with van der Waals surface area (Å²) in [4.78, 5) is 0. The minimum absolute atomic E-state index is 0.0157. The van der Waals surface area contributed by atoms with Crippen molar-refractivity contribution in [3.05, 3.63) is 60.4 Å². The van der Waals surface area contributed by atoms with E-state index in [0.717, 1.165) is 10.0 Å². The Morgan fingerprint density at radius 2 is 1.88 bits per heavy atom. The number of anilines is 2. The minimum atomic E-state index is -0.737. The van der Waals surface area contributed by atoms with Crippen LogP contribution >= 0.6 is 23.1 Å². The molecule has 2 aromatic carbocycles. The fourth-order valence-corrected chi connectivity index (χ4v) is 3.63. The molecule has 0 saturated heterocycles. The molecule has 0 radical (unpaired) electrons. The number of thioether (sulfide) groups is 1. The minimum Gasteiger partial charge on any atom is -0.488 e. The molecule has 0 amide bonds. The molecule has 2 N–H and O–H groups in total. The number of nitrogens with zero attached hydrogens (tertiary/aromatic N) is 2. The molecule has 1 aromatic heterocycles. The maximum absolute atomic E-state index is 13.4. The van der Waals surface area contributed by atoms with E-state index >= 15 is 0 Å². The number of halogens is 1. The van der Waals surface area contributed by atoms with Crippen LogP contribution in [0.1, 0.15) is 0 Å². The third kappa shape index (κ3) is 5.42. The second kappa shape index (κ2) is 8.80. The van der Waals surface area contributed by atoms with Crippen molar-refractivity contribution in [3.63, 3.8) is 0 Å². The van der Waals surface area contributed by atoms with E-state index in [2.05, 4.69) is 15.5 Å². The topological polar surface area (TPSA) is 67.3 Å². The van der Waals surface area contributed by atoms with Crippen LogP contribution in [0.4, 0.5) is 15.2 Å². The molecule has 25 heavy (non-hydrogen) atoms. The van der Waals surface area contributed by atoms with Gasteiger partial charge < -0.3 is 15.2 Å². The molecule has 0 fully saturated rings. The molecule has 3 aromatic rings. The number of hydrogen-bond donors (Lipinski definition) is 2. The molecule has 0 aliphatic rings. The largest absolute Gasteiger partial charge is 0.488 e. The van der Waals surface area contributed by atoms with Crippen molar-refractivity contribution in [1.29, 1.82) is 0 Å². The summed E-state index contributed by atoms with van der Waals surface area (Å²) < 4.78 is 19.5. The molecule has 0 spiro atoms. The number of rotatable bonds is 8. The van der Waals surface area contributed by atoms with Crippen LogP contribution in [0.15, 0.2) is 58.9 Å². The zero-order valence-corrected chi connectivity index (χ0v) is 14.8. The molecule has 0 bridgehead atoms. The molecule has 1 heterocycles. The summed E-state index contributed by atoms with van der Waals surface area (Å²) in [5, 5.41) is 22.0. The van der Waals surface area contributed by atoms with Crippen LogP contribution in [0.5, 0.6) is 5.75 Å². The van der Waals surface area contributed by atoms with Gasteiger partial charge in [0.25, 0.3) is 0 Å². The third-order valence-electron chi connectivity index (χ3n) is 3.10. The summed E-state index contributed by atoms with van der Waals surface area (Å²) in [7, 11) is 0. The Bertz CT molecular complexity index is 801. The van der Waals surface area contributed by atoms with Crippen molar-refractivity contribution in [2.45, 2.75) is 10.4 Å². The zero-order valence-electron chi connectivity index (χ0n) is 13.1. The number of ether oxygens (including phenoxy) is 1. The van der Waals surface area contributed by atoms with Crippen LogP contribution in [-0.2, 0) is 0 Å². The van der Waals surface area contributed by atoms with E-state index in [0.29, 0.717) is 10.9 Å². The van der Waals surface area contributed by atoms with Crippen molar-refractivity contribution >= 4 is 33.9 Å². The maximum atomic E-state index is 13.4.